The Morgan fingerprint density at radius 3 is 2.41 bits per heavy atom. The quantitative estimate of drug-likeness (QED) is 0.672. The molecular weight excluding hydrogens is 341 g/mol. The number of anilines is 1. The van der Waals surface area contributed by atoms with E-state index in [-0.39, 0.29) is 6.10 Å². The van der Waals surface area contributed by atoms with Gasteiger partial charge < -0.3 is 10.1 Å². The molecule has 0 bridgehead atoms. The van der Waals surface area contributed by atoms with Crippen LogP contribution < -0.4 is 10.1 Å². The molecule has 0 aliphatic heterocycles. The minimum Gasteiger partial charge on any atom is -0.489 e. The molecule has 0 saturated heterocycles. The normalized spacial score (nSPS) is 10.9. The van der Waals surface area contributed by atoms with Gasteiger partial charge in [-0.15, -0.1) is 0 Å². The van der Waals surface area contributed by atoms with Gasteiger partial charge >= 0.3 is 0 Å². The summed E-state index contributed by atoms with van der Waals surface area (Å²) in [4.78, 5) is 0. The molecule has 0 unspecified atom stereocenters. The number of aryl methyl sites for hydroxylation is 1. The molecule has 0 amide bonds. The first kappa shape index (κ1) is 17.3. The van der Waals surface area contributed by atoms with Gasteiger partial charge in [-0.3, -0.25) is 0 Å². The lowest BCUT2D eigenvalue weighted by molar-refractivity contribution is 0.240. The Labute approximate surface area is 146 Å². The highest BCUT2D eigenvalue weighted by molar-refractivity contribution is 6.35. The number of halogens is 3. The zero-order valence-electron chi connectivity index (χ0n) is 12.7. The minimum absolute atomic E-state index is 0.0336. The van der Waals surface area contributed by atoms with Crippen molar-refractivity contribution in [2.45, 2.75) is 33.4 Å². The Kier molecular flexibility index (Phi) is 5.85. The van der Waals surface area contributed by atoms with Gasteiger partial charge in [0, 0.05) is 27.8 Å². The van der Waals surface area contributed by atoms with E-state index in [0.29, 0.717) is 22.3 Å². The first-order valence-corrected chi connectivity index (χ1v) is 8.15. The van der Waals surface area contributed by atoms with E-state index in [0.717, 1.165) is 21.8 Å². The van der Waals surface area contributed by atoms with Gasteiger partial charge in [-0.1, -0.05) is 40.9 Å². The van der Waals surface area contributed by atoms with E-state index in [9.17, 15) is 0 Å². The molecule has 2 aromatic rings. The van der Waals surface area contributed by atoms with Crippen LogP contribution in [-0.4, -0.2) is 6.10 Å². The first-order valence-electron chi connectivity index (χ1n) is 7.01. The van der Waals surface area contributed by atoms with E-state index < -0.39 is 0 Å². The standard InChI is InChI=1S/C17H18Cl3NO/c1-10(2)22-17-12(6-13(18)7-16(17)20)9-21-14-5-4-11(3)15(19)8-14/h4-8,10,21H,9H2,1-3H3. The fraction of sp³-hybridized carbons (Fsp3) is 0.294. The molecule has 0 saturated carbocycles. The van der Waals surface area contributed by atoms with Crippen molar-refractivity contribution in [2.24, 2.45) is 0 Å². The van der Waals surface area contributed by atoms with Gasteiger partial charge in [0.15, 0.2) is 0 Å². The topological polar surface area (TPSA) is 21.3 Å². The molecule has 5 heteroatoms. The predicted molar refractivity (Wildman–Crippen MR) is 95.7 cm³/mol. The van der Waals surface area contributed by atoms with Crippen molar-refractivity contribution < 1.29 is 4.74 Å². The van der Waals surface area contributed by atoms with E-state index in [1.165, 1.54) is 0 Å². The lowest BCUT2D eigenvalue weighted by Gasteiger charge is -2.17. The Balaban J connectivity index is 2.22. The second-order valence-electron chi connectivity index (χ2n) is 5.36. The fourth-order valence-corrected chi connectivity index (χ4v) is 2.77. The number of hydrogen-bond donors (Lipinski definition) is 1. The van der Waals surface area contributed by atoms with Crippen LogP contribution in [0.25, 0.3) is 0 Å². The van der Waals surface area contributed by atoms with Crippen LogP contribution in [0.4, 0.5) is 5.69 Å². The molecule has 118 valence electrons. The van der Waals surface area contributed by atoms with Crippen molar-refractivity contribution in [1.82, 2.24) is 0 Å². The molecule has 0 aliphatic carbocycles. The van der Waals surface area contributed by atoms with Crippen molar-refractivity contribution >= 4 is 40.5 Å². The molecule has 0 spiro atoms. The lowest BCUT2D eigenvalue weighted by Crippen LogP contribution is -2.10. The molecule has 0 heterocycles. The summed E-state index contributed by atoms with van der Waals surface area (Å²) in [5, 5.41) is 5.14. The van der Waals surface area contributed by atoms with Crippen LogP contribution in [0.15, 0.2) is 30.3 Å². The number of hydrogen-bond acceptors (Lipinski definition) is 2. The summed E-state index contributed by atoms with van der Waals surface area (Å²) in [6.07, 6.45) is 0.0336. The molecule has 1 N–H and O–H groups in total. The smallest absolute Gasteiger partial charge is 0.143 e. The third-order valence-corrected chi connectivity index (χ3v) is 4.00. The van der Waals surface area contributed by atoms with Gasteiger partial charge in [-0.2, -0.15) is 0 Å². The summed E-state index contributed by atoms with van der Waals surface area (Å²) in [5.41, 5.74) is 2.88. The van der Waals surface area contributed by atoms with Gasteiger partial charge in [0.25, 0.3) is 0 Å². The van der Waals surface area contributed by atoms with Gasteiger partial charge in [0.05, 0.1) is 11.1 Å². The fourth-order valence-electron chi connectivity index (χ4n) is 2.01. The van der Waals surface area contributed by atoms with Crippen LogP contribution in [0.1, 0.15) is 25.0 Å². The van der Waals surface area contributed by atoms with Crippen molar-refractivity contribution in [3.05, 3.63) is 56.5 Å². The summed E-state index contributed by atoms with van der Waals surface area (Å²) in [6.45, 7) is 6.43. The van der Waals surface area contributed by atoms with Gasteiger partial charge in [0.1, 0.15) is 5.75 Å². The Hall–Kier alpha value is -1.09. The van der Waals surface area contributed by atoms with Gasteiger partial charge in [0.2, 0.25) is 0 Å². The van der Waals surface area contributed by atoms with Crippen LogP contribution in [0.2, 0.25) is 15.1 Å². The summed E-state index contributed by atoms with van der Waals surface area (Å²) in [7, 11) is 0. The van der Waals surface area contributed by atoms with Crippen LogP contribution in [-0.2, 0) is 6.54 Å². The Morgan fingerprint density at radius 1 is 1.05 bits per heavy atom. The maximum atomic E-state index is 6.25. The monoisotopic (exact) mass is 357 g/mol. The number of rotatable bonds is 5. The van der Waals surface area contributed by atoms with Crippen molar-refractivity contribution in [3.8, 4) is 5.75 Å². The minimum atomic E-state index is 0.0336. The predicted octanol–water partition coefficient (Wildman–Crippen LogP) is 6.35. The van der Waals surface area contributed by atoms with E-state index in [2.05, 4.69) is 5.32 Å². The second kappa shape index (κ2) is 7.45. The molecule has 2 aromatic carbocycles. The maximum absolute atomic E-state index is 6.25. The van der Waals surface area contributed by atoms with Gasteiger partial charge in [-0.05, 0) is 50.6 Å². The van der Waals surface area contributed by atoms with Crippen molar-refractivity contribution in [3.63, 3.8) is 0 Å². The molecule has 0 atom stereocenters. The summed E-state index contributed by atoms with van der Waals surface area (Å²) < 4.78 is 5.81. The number of ether oxygens (including phenoxy) is 1. The van der Waals surface area contributed by atoms with Crippen molar-refractivity contribution in [1.29, 1.82) is 0 Å². The average molecular weight is 359 g/mol. The molecule has 2 rings (SSSR count). The first-order chi connectivity index (χ1) is 10.4. The van der Waals surface area contributed by atoms with E-state index in [1.54, 1.807) is 6.07 Å². The summed E-state index contributed by atoms with van der Waals surface area (Å²) in [5.74, 6) is 0.659. The molecule has 0 fully saturated rings. The van der Waals surface area contributed by atoms with Crippen LogP contribution in [0.3, 0.4) is 0 Å². The maximum Gasteiger partial charge on any atom is 0.143 e. The molecule has 0 radical (unpaired) electrons. The molecule has 0 aromatic heterocycles. The molecular formula is C17H18Cl3NO. The molecule has 2 nitrogen and oxygen atoms in total. The van der Waals surface area contributed by atoms with Gasteiger partial charge in [-0.25, -0.2) is 0 Å². The van der Waals surface area contributed by atoms with E-state index in [4.69, 9.17) is 39.5 Å². The molecule has 22 heavy (non-hydrogen) atoms. The molecule has 0 aliphatic rings. The van der Waals surface area contributed by atoms with Crippen LogP contribution >= 0.6 is 34.8 Å². The highest BCUT2D eigenvalue weighted by Crippen LogP contribution is 2.34. The third kappa shape index (κ3) is 4.45. The number of benzene rings is 2. The van der Waals surface area contributed by atoms with Crippen molar-refractivity contribution in [2.75, 3.05) is 5.32 Å². The highest BCUT2D eigenvalue weighted by atomic mass is 35.5. The Morgan fingerprint density at radius 2 is 1.77 bits per heavy atom. The Bertz CT molecular complexity index is 671. The highest BCUT2D eigenvalue weighted by Gasteiger charge is 2.12. The summed E-state index contributed by atoms with van der Waals surface area (Å²) >= 11 is 18.5. The van der Waals surface area contributed by atoms with Crippen LogP contribution in [0, 0.1) is 6.92 Å². The largest absolute Gasteiger partial charge is 0.489 e. The zero-order valence-corrected chi connectivity index (χ0v) is 15.0. The third-order valence-electron chi connectivity index (χ3n) is 3.09. The lowest BCUT2D eigenvalue weighted by atomic mass is 10.1. The second-order valence-corrected chi connectivity index (χ2v) is 6.61. The zero-order chi connectivity index (χ0) is 16.3. The van der Waals surface area contributed by atoms with Crippen LogP contribution in [0.5, 0.6) is 5.75 Å². The van der Waals surface area contributed by atoms with E-state index in [1.807, 2.05) is 45.0 Å². The average Bonchev–Trinajstić information content (AvgIpc) is 2.43. The summed E-state index contributed by atoms with van der Waals surface area (Å²) in [6, 6.07) is 9.39. The SMILES string of the molecule is Cc1ccc(NCc2cc(Cl)cc(Cl)c2OC(C)C)cc1Cl. The van der Waals surface area contributed by atoms with E-state index >= 15 is 0 Å². The number of nitrogens with one attached hydrogen (secondary N) is 1.